The van der Waals surface area contributed by atoms with Crippen molar-refractivity contribution in [2.75, 3.05) is 6.61 Å². The van der Waals surface area contributed by atoms with Crippen LogP contribution in [-0.4, -0.2) is 18.6 Å². The van der Waals surface area contributed by atoms with E-state index in [9.17, 15) is 0 Å². The molecule has 106 valence electrons. The third kappa shape index (κ3) is 7.05. The fourth-order valence-corrected chi connectivity index (χ4v) is 1.44. The van der Waals surface area contributed by atoms with Crippen molar-refractivity contribution in [1.29, 1.82) is 0 Å². The SMILES string of the molecule is C=CCOc1ccccc1CN=C(N)NC(C)C.I. The van der Waals surface area contributed by atoms with Gasteiger partial charge in [0, 0.05) is 11.6 Å². The van der Waals surface area contributed by atoms with Gasteiger partial charge in [0.25, 0.3) is 0 Å². The van der Waals surface area contributed by atoms with Gasteiger partial charge in [-0.2, -0.15) is 0 Å². The number of guanidine groups is 1. The first-order valence-corrected chi connectivity index (χ1v) is 6.01. The first-order chi connectivity index (χ1) is 8.63. The van der Waals surface area contributed by atoms with Gasteiger partial charge >= 0.3 is 0 Å². The van der Waals surface area contributed by atoms with Crippen LogP contribution in [0.5, 0.6) is 5.75 Å². The van der Waals surface area contributed by atoms with Crippen molar-refractivity contribution in [3.8, 4) is 5.75 Å². The molecule has 1 aromatic carbocycles. The lowest BCUT2D eigenvalue weighted by Crippen LogP contribution is -2.36. The van der Waals surface area contributed by atoms with E-state index in [1.807, 2.05) is 38.1 Å². The highest BCUT2D eigenvalue weighted by atomic mass is 127. The Balaban J connectivity index is 0.00000324. The highest BCUT2D eigenvalue weighted by molar-refractivity contribution is 14.0. The molecule has 0 aliphatic heterocycles. The van der Waals surface area contributed by atoms with Gasteiger partial charge in [0.2, 0.25) is 0 Å². The van der Waals surface area contributed by atoms with Crippen LogP contribution in [0, 0.1) is 0 Å². The minimum absolute atomic E-state index is 0. The number of nitrogens with two attached hydrogens (primary N) is 1. The molecule has 3 N–H and O–H groups in total. The first kappa shape index (κ1) is 17.8. The number of hydrogen-bond donors (Lipinski definition) is 2. The lowest BCUT2D eigenvalue weighted by atomic mass is 10.2. The number of nitrogens with one attached hydrogen (secondary N) is 1. The Bertz CT molecular complexity index is 419. The molecule has 0 fully saturated rings. The molecule has 0 unspecified atom stereocenters. The van der Waals surface area contributed by atoms with Gasteiger partial charge in [-0.05, 0) is 19.9 Å². The molecule has 0 aliphatic rings. The monoisotopic (exact) mass is 375 g/mol. The zero-order valence-corrected chi connectivity index (χ0v) is 13.8. The number of benzene rings is 1. The molecule has 1 aromatic rings. The topological polar surface area (TPSA) is 59.6 Å². The number of hydrogen-bond acceptors (Lipinski definition) is 2. The smallest absolute Gasteiger partial charge is 0.189 e. The maximum absolute atomic E-state index is 5.75. The van der Waals surface area contributed by atoms with Crippen LogP contribution in [-0.2, 0) is 6.54 Å². The molecule has 0 saturated carbocycles. The van der Waals surface area contributed by atoms with Crippen molar-refractivity contribution >= 4 is 29.9 Å². The maximum atomic E-state index is 5.75. The van der Waals surface area contributed by atoms with Gasteiger partial charge < -0.3 is 15.8 Å². The van der Waals surface area contributed by atoms with Crippen LogP contribution in [0.2, 0.25) is 0 Å². The van der Waals surface area contributed by atoms with Crippen LogP contribution < -0.4 is 15.8 Å². The molecule has 1 rings (SSSR count). The van der Waals surface area contributed by atoms with Crippen molar-refractivity contribution in [3.63, 3.8) is 0 Å². The Hall–Kier alpha value is -1.24. The Labute approximate surface area is 132 Å². The van der Waals surface area contributed by atoms with E-state index < -0.39 is 0 Å². The number of aliphatic imine (C=N–C) groups is 1. The molecule has 0 spiro atoms. The normalized spacial score (nSPS) is 10.8. The minimum Gasteiger partial charge on any atom is -0.489 e. The fourth-order valence-electron chi connectivity index (χ4n) is 1.44. The molecule has 0 bridgehead atoms. The summed E-state index contributed by atoms with van der Waals surface area (Å²) in [5, 5.41) is 3.05. The first-order valence-electron chi connectivity index (χ1n) is 6.01. The van der Waals surface area contributed by atoms with Gasteiger partial charge in [0.1, 0.15) is 12.4 Å². The van der Waals surface area contributed by atoms with Crippen molar-refractivity contribution < 1.29 is 4.74 Å². The molecule has 0 saturated heterocycles. The largest absolute Gasteiger partial charge is 0.489 e. The Kier molecular flexibility index (Phi) is 9.03. The summed E-state index contributed by atoms with van der Waals surface area (Å²) in [5.74, 6) is 1.27. The number of halogens is 1. The van der Waals surface area contributed by atoms with Gasteiger partial charge in [-0.15, -0.1) is 24.0 Å². The number of nitrogens with zero attached hydrogens (tertiary/aromatic N) is 1. The van der Waals surface area contributed by atoms with Crippen molar-refractivity contribution in [3.05, 3.63) is 42.5 Å². The number of para-hydroxylation sites is 1. The molecular weight excluding hydrogens is 353 g/mol. The predicted octanol–water partition coefficient (Wildman–Crippen LogP) is 2.68. The Morgan fingerprint density at radius 2 is 2.16 bits per heavy atom. The van der Waals surface area contributed by atoms with Crippen LogP contribution in [0.4, 0.5) is 0 Å². The lowest BCUT2D eigenvalue weighted by molar-refractivity contribution is 0.359. The molecule has 0 amide bonds. The Morgan fingerprint density at radius 3 is 2.79 bits per heavy atom. The van der Waals surface area contributed by atoms with Crippen molar-refractivity contribution in [1.82, 2.24) is 5.32 Å². The summed E-state index contributed by atoms with van der Waals surface area (Å²) in [5.41, 5.74) is 6.76. The molecule has 5 heteroatoms. The fraction of sp³-hybridized carbons (Fsp3) is 0.357. The molecule has 0 aliphatic carbocycles. The van der Waals surface area contributed by atoms with E-state index in [2.05, 4.69) is 16.9 Å². The van der Waals surface area contributed by atoms with Gasteiger partial charge in [0.15, 0.2) is 5.96 Å². The van der Waals surface area contributed by atoms with E-state index in [1.165, 1.54) is 0 Å². The lowest BCUT2D eigenvalue weighted by Gasteiger charge is -2.10. The summed E-state index contributed by atoms with van der Waals surface area (Å²) < 4.78 is 5.55. The quantitative estimate of drug-likeness (QED) is 0.348. The van der Waals surface area contributed by atoms with Gasteiger partial charge in [-0.25, -0.2) is 4.99 Å². The van der Waals surface area contributed by atoms with Crippen LogP contribution in [0.1, 0.15) is 19.4 Å². The summed E-state index contributed by atoms with van der Waals surface area (Å²) in [7, 11) is 0. The molecule has 4 nitrogen and oxygen atoms in total. The minimum atomic E-state index is 0. The second-order valence-corrected chi connectivity index (χ2v) is 4.21. The standard InChI is InChI=1S/C14H21N3O.HI/c1-4-9-18-13-8-6-5-7-12(13)10-16-14(15)17-11(2)3;/h4-8,11H,1,9-10H2,2-3H3,(H3,15,16,17);1H. The van der Waals surface area contributed by atoms with Gasteiger partial charge in [-0.1, -0.05) is 30.9 Å². The molecule has 0 heterocycles. The highest BCUT2D eigenvalue weighted by Gasteiger charge is 2.02. The van der Waals surface area contributed by atoms with E-state index in [0.717, 1.165) is 11.3 Å². The van der Waals surface area contributed by atoms with Gasteiger partial charge in [-0.3, -0.25) is 0 Å². The number of ether oxygens (including phenoxy) is 1. The Morgan fingerprint density at radius 1 is 1.47 bits per heavy atom. The molecular formula is C14H22IN3O. The zero-order valence-electron chi connectivity index (χ0n) is 11.4. The van der Waals surface area contributed by atoms with Crippen LogP contribution >= 0.6 is 24.0 Å². The average molecular weight is 375 g/mol. The second kappa shape index (κ2) is 9.66. The summed E-state index contributed by atoms with van der Waals surface area (Å²) in [6.45, 7) is 8.65. The summed E-state index contributed by atoms with van der Waals surface area (Å²) in [4.78, 5) is 4.28. The predicted molar refractivity (Wildman–Crippen MR) is 91.1 cm³/mol. The van der Waals surface area contributed by atoms with E-state index in [1.54, 1.807) is 6.08 Å². The molecule has 0 radical (unpaired) electrons. The molecule has 19 heavy (non-hydrogen) atoms. The van der Waals surface area contributed by atoms with Crippen LogP contribution in [0.25, 0.3) is 0 Å². The third-order valence-corrected chi connectivity index (χ3v) is 2.19. The second-order valence-electron chi connectivity index (χ2n) is 4.21. The van der Waals surface area contributed by atoms with E-state index in [0.29, 0.717) is 19.1 Å². The van der Waals surface area contributed by atoms with E-state index in [-0.39, 0.29) is 30.0 Å². The van der Waals surface area contributed by atoms with Gasteiger partial charge in [0.05, 0.1) is 6.54 Å². The highest BCUT2D eigenvalue weighted by Crippen LogP contribution is 2.18. The molecule has 0 atom stereocenters. The summed E-state index contributed by atoms with van der Waals surface area (Å²) >= 11 is 0. The maximum Gasteiger partial charge on any atom is 0.189 e. The summed E-state index contributed by atoms with van der Waals surface area (Å²) in [6, 6.07) is 8.06. The summed E-state index contributed by atoms with van der Waals surface area (Å²) in [6.07, 6.45) is 1.72. The van der Waals surface area contributed by atoms with Crippen LogP contribution in [0.3, 0.4) is 0 Å². The number of rotatable bonds is 6. The van der Waals surface area contributed by atoms with E-state index in [4.69, 9.17) is 10.5 Å². The zero-order chi connectivity index (χ0) is 13.4. The van der Waals surface area contributed by atoms with Crippen molar-refractivity contribution in [2.24, 2.45) is 10.7 Å². The third-order valence-electron chi connectivity index (χ3n) is 2.19. The van der Waals surface area contributed by atoms with E-state index >= 15 is 0 Å². The van der Waals surface area contributed by atoms with Crippen molar-refractivity contribution in [2.45, 2.75) is 26.4 Å². The van der Waals surface area contributed by atoms with Crippen LogP contribution in [0.15, 0.2) is 41.9 Å². The average Bonchev–Trinajstić information content (AvgIpc) is 2.34. The molecule has 0 aromatic heterocycles.